The van der Waals surface area contributed by atoms with Crippen molar-refractivity contribution in [3.8, 4) is 0 Å². The summed E-state index contributed by atoms with van der Waals surface area (Å²) in [6.07, 6.45) is 0. The number of nitro groups is 1. The summed E-state index contributed by atoms with van der Waals surface area (Å²) in [5.74, 6) is 0. The van der Waals surface area contributed by atoms with Gasteiger partial charge in [0.15, 0.2) is 0 Å². The highest BCUT2D eigenvalue weighted by atomic mass is 16.6. The monoisotopic (exact) mass is 271 g/mol. The lowest BCUT2D eigenvalue weighted by Crippen LogP contribution is -2.18. The summed E-state index contributed by atoms with van der Waals surface area (Å²) in [5.41, 5.74) is 8.50. The minimum Gasteiger partial charge on any atom is -0.398 e. The van der Waals surface area contributed by atoms with Gasteiger partial charge in [0.05, 0.1) is 4.92 Å². The number of benzene rings is 2. The van der Waals surface area contributed by atoms with Gasteiger partial charge in [-0.3, -0.25) is 15.0 Å². The van der Waals surface area contributed by atoms with E-state index in [0.29, 0.717) is 12.2 Å². The van der Waals surface area contributed by atoms with Crippen LogP contribution in [0.15, 0.2) is 48.5 Å². The third kappa shape index (κ3) is 3.55. The molecule has 20 heavy (non-hydrogen) atoms. The molecule has 5 heteroatoms. The number of nitro benzene ring substituents is 1. The summed E-state index contributed by atoms with van der Waals surface area (Å²) in [6.45, 7) is 1.34. The molecule has 0 atom stereocenters. The fourth-order valence-electron chi connectivity index (χ4n) is 2.08. The Morgan fingerprint density at radius 2 is 1.85 bits per heavy atom. The predicted octanol–water partition coefficient (Wildman–Crippen LogP) is 2.81. The molecule has 0 radical (unpaired) electrons. The normalized spacial score (nSPS) is 10.7. The van der Waals surface area contributed by atoms with Gasteiger partial charge >= 0.3 is 0 Å². The first-order chi connectivity index (χ1) is 9.56. The van der Waals surface area contributed by atoms with Gasteiger partial charge in [-0.25, -0.2) is 0 Å². The van der Waals surface area contributed by atoms with Crippen molar-refractivity contribution >= 4 is 11.4 Å². The Morgan fingerprint density at radius 1 is 1.15 bits per heavy atom. The minimum absolute atomic E-state index is 0.0716. The molecular formula is C15H17N3O2. The summed E-state index contributed by atoms with van der Waals surface area (Å²) in [7, 11) is 1.96. The number of anilines is 1. The van der Waals surface area contributed by atoms with E-state index >= 15 is 0 Å². The third-order valence-electron chi connectivity index (χ3n) is 3.07. The van der Waals surface area contributed by atoms with Crippen LogP contribution in [0.5, 0.6) is 0 Å². The first-order valence-corrected chi connectivity index (χ1v) is 6.31. The summed E-state index contributed by atoms with van der Waals surface area (Å²) in [6, 6.07) is 14.6. The molecule has 0 saturated heterocycles. The van der Waals surface area contributed by atoms with Crippen LogP contribution < -0.4 is 5.73 Å². The quantitative estimate of drug-likeness (QED) is 0.515. The van der Waals surface area contributed by atoms with Crippen molar-refractivity contribution in [2.45, 2.75) is 13.1 Å². The van der Waals surface area contributed by atoms with Crippen molar-refractivity contribution in [2.24, 2.45) is 0 Å². The predicted molar refractivity (Wildman–Crippen MR) is 79.1 cm³/mol. The molecule has 2 aromatic carbocycles. The molecule has 0 fully saturated rings. The second-order valence-corrected chi connectivity index (χ2v) is 4.80. The van der Waals surface area contributed by atoms with E-state index in [1.54, 1.807) is 6.07 Å². The van der Waals surface area contributed by atoms with Crippen molar-refractivity contribution in [1.29, 1.82) is 0 Å². The average Bonchev–Trinajstić information content (AvgIpc) is 2.42. The maximum Gasteiger partial charge on any atom is 0.269 e. The van der Waals surface area contributed by atoms with Crippen LogP contribution in [0.3, 0.4) is 0 Å². The summed E-state index contributed by atoms with van der Waals surface area (Å²) >= 11 is 0. The van der Waals surface area contributed by atoms with Crippen LogP contribution in [-0.4, -0.2) is 16.9 Å². The Morgan fingerprint density at radius 3 is 2.50 bits per heavy atom. The van der Waals surface area contributed by atoms with Gasteiger partial charge in [0.2, 0.25) is 0 Å². The van der Waals surface area contributed by atoms with E-state index in [4.69, 9.17) is 5.73 Å². The highest BCUT2D eigenvalue weighted by molar-refractivity contribution is 5.52. The molecule has 0 aromatic heterocycles. The average molecular weight is 271 g/mol. The molecule has 0 aliphatic carbocycles. The fourth-order valence-corrected chi connectivity index (χ4v) is 2.08. The molecule has 104 valence electrons. The molecule has 0 heterocycles. The van der Waals surface area contributed by atoms with Crippen molar-refractivity contribution in [3.63, 3.8) is 0 Å². The van der Waals surface area contributed by atoms with Crippen LogP contribution in [0, 0.1) is 10.1 Å². The van der Waals surface area contributed by atoms with E-state index < -0.39 is 4.92 Å². The van der Waals surface area contributed by atoms with Crippen LogP contribution >= 0.6 is 0 Å². The minimum atomic E-state index is -0.403. The van der Waals surface area contributed by atoms with Gasteiger partial charge in [-0.05, 0) is 24.2 Å². The van der Waals surface area contributed by atoms with E-state index in [9.17, 15) is 10.1 Å². The number of nitrogen functional groups attached to an aromatic ring is 1. The zero-order valence-corrected chi connectivity index (χ0v) is 11.3. The number of non-ortho nitro benzene ring substituents is 1. The molecule has 2 rings (SSSR count). The van der Waals surface area contributed by atoms with Crippen LogP contribution in [-0.2, 0) is 13.1 Å². The maximum absolute atomic E-state index is 10.8. The number of nitrogens with two attached hydrogens (primary N) is 1. The molecular weight excluding hydrogens is 254 g/mol. The highest BCUT2D eigenvalue weighted by Crippen LogP contribution is 2.21. The second-order valence-electron chi connectivity index (χ2n) is 4.80. The molecule has 5 nitrogen and oxygen atoms in total. The smallest absolute Gasteiger partial charge is 0.269 e. The maximum atomic E-state index is 10.8. The first kappa shape index (κ1) is 14.0. The number of nitrogens with zero attached hydrogens (tertiary/aromatic N) is 2. The molecule has 0 aliphatic heterocycles. The van der Waals surface area contributed by atoms with E-state index in [0.717, 1.165) is 12.1 Å². The summed E-state index contributed by atoms with van der Waals surface area (Å²) in [5, 5.41) is 10.8. The van der Waals surface area contributed by atoms with Crippen LogP contribution in [0.1, 0.15) is 11.1 Å². The van der Waals surface area contributed by atoms with Gasteiger partial charge in [-0.1, -0.05) is 30.3 Å². The van der Waals surface area contributed by atoms with E-state index in [2.05, 4.69) is 4.90 Å². The van der Waals surface area contributed by atoms with E-state index in [-0.39, 0.29) is 5.69 Å². The van der Waals surface area contributed by atoms with Gasteiger partial charge in [0.1, 0.15) is 0 Å². The lowest BCUT2D eigenvalue weighted by Gasteiger charge is -2.17. The number of hydrogen-bond donors (Lipinski definition) is 1. The van der Waals surface area contributed by atoms with Crippen molar-refractivity contribution in [2.75, 3.05) is 12.8 Å². The van der Waals surface area contributed by atoms with Crippen LogP contribution in [0.2, 0.25) is 0 Å². The van der Waals surface area contributed by atoms with Gasteiger partial charge in [0.25, 0.3) is 5.69 Å². The van der Waals surface area contributed by atoms with Gasteiger partial charge in [-0.2, -0.15) is 0 Å². The van der Waals surface area contributed by atoms with Crippen molar-refractivity contribution < 1.29 is 4.92 Å². The Balaban J connectivity index is 2.09. The summed E-state index contributed by atoms with van der Waals surface area (Å²) < 4.78 is 0. The molecule has 2 aromatic rings. The van der Waals surface area contributed by atoms with Crippen molar-refractivity contribution in [1.82, 2.24) is 4.90 Å². The van der Waals surface area contributed by atoms with Crippen LogP contribution in [0.25, 0.3) is 0 Å². The Labute approximate surface area is 117 Å². The molecule has 2 N–H and O–H groups in total. The lowest BCUT2D eigenvalue weighted by molar-refractivity contribution is -0.384. The Kier molecular flexibility index (Phi) is 4.32. The second kappa shape index (κ2) is 6.16. The zero-order chi connectivity index (χ0) is 14.5. The largest absolute Gasteiger partial charge is 0.398 e. The van der Waals surface area contributed by atoms with Gasteiger partial charge < -0.3 is 5.73 Å². The highest BCUT2D eigenvalue weighted by Gasteiger charge is 2.11. The first-order valence-electron chi connectivity index (χ1n) is 6.31. The molecule has 0 aliphatic rings. The molecule has 0 unspecified atom stereocenters. The standard InChI is InChI=1S/C15H17N3O2/c1-17(10-12-5-3-2-4-6-12)11-13-9-14(18(19)20)7-8-15(13)16/h2-9H,10-11,16H2,1H3. The van der Waals surface area contributed by atoms with Crippen molar-refractivity contribution in [3.05, 3.63) is 69.8 Å². The fraction of sp³-hybridized carbons (Fsp3) is 0.200. The van der Waals surface area contributed by atoms with E-state index in [1.807, 2.05) is 37.4 Å². The SMILES string of the molecule is CN(Cc1ccccc1)Cc1cc([N+](=O)[O-])ccc1N. The van der Waals surface area contributed by atoms with Gasteiger partial charge in [0, 0.05) is 30.9 Å². The number of rotatable bonds is 5. The topological polar surface area (TPSA) is 72.4 Å². The van der Waals surface area contributed by atoms with Crippen LogP contribution in [0.4, 0.5) is 11.4 Å². The molecule has 0 saturated carbocycles. The lowest BCUT2D eigenvalue weighted by atomic mass is 10.1. The Bertz CT molecular complexity index is 599. The number of hydrogen-bond acceptors (Lipinski definition) is 4. The molecule has 0 amide bonds. The van der Waals surface area contributed by atoms with E-state index in [1.165, 1.54) is 17.7 Å². The Hall–Kier alpha value is -2.40. The summed E-state index contributed by atoms with van der Waals surface area (Å²) in [4.78, 5) is 12.5. The zero-order valence-electron chi connectivity index (χ0n) is 11.3. The molecule has 0 spiro atoms. The molecule has 0 bridgehead atoms. The van der Waals surface area contributed by atoms with Gasteiger partial charge in [-0.15, -0.1) is 0 Å². The third-order valence-corrected chi connectivity index (χ3v) is 3.07.